The van der Waals surface area contributed by atoms with E-state index in [4.69, 9.17) is 4.74 Å². The highest BCUT2D eigenvalue weighted by atomic mass is 32.2. The summed E-state index contributed by atoms with van der Waals surface area (Å²) in [6, 6.07) is 0. The van der Waals surface area contributed by atoms with Crippen molar-refractivity contribution in [2.45, 2.75) is 19.0 Å². The SMILES string of the molecule is C=C(C)C(=O)OCSc1ncc(C)c(=O)[nH]1. The van der Waals surface area contributed by atoms with Gasteiger partial charge >= 0.3 is 5.97 Å². The molecule has 1 rings (SSSR count). The summed E-state index contributed by atoms with van der Waals surface area (Å²) in [5.74, 6) is -0.362. The minimum atomic E-state index is -0.457. The number of ether oxygens (including phenoxy) is 1. The van der Waals surface area contributed by atoms with Crippen molar-refractivity contribution in [3.8, 4) is 0 Å². The zero-order chi connectivity index (χ0) is 12.1. The Labute approximate surface area is 96.9 Å². The van der Waals surface area contributed by atoms with E-state index < -0.39 is 5.97 Å². The third-order valence-electron chi connectivity index (χ3n) is 1.69. The van der Waals surface area contributed by atoms with Crippen LogP contribution in [0.2, 0.25) is 0 Å². The molecule has 0 saturated carbocycles. The quantitative estimate of drug-likeness (QED) is 0.282. The average Bonchev–Trinajstić information content (AvgIpc) is 2.23. The van der Waals surface area contributed by atoms with E-state index in [2.05, 4.69) is 16.5 Å². The van der Waals surface area contributed by atoms with Crippen molar-refractivity contribution in [2.24, 2.45) is 0 Å². The topological polar surface area (TPSA) is 72.0 Å². The van der Waals surface area contributed by atoms with Crippen LogP contribution in [0.3, 0.4) is 0 Å². The monoisotopic (exact) mass is 240 g/mol. The number of aromatic nitrogens is 2. The molecule has 1 heterocycles. The molecule has 0 bridgehead atoms. The summed E-state index contributed by atoms with van der Waals surface area (Å²) in [7, 11) is 0. The second-order valence-corrected chi connectivity index (χ2v) is 4.09. The van der Waals surface area contributed by atoms with Gasteiger partial charge in [0.05, 0.1) is 0 Å². The summed E-state index contributed by atoms with van der Waals surface area (Å²) >= 11 is 1.14. The minimum absolute atomic E-state index is 0.0949. The van der Waals surface area contributed by atoms with E-state index in [9.17, 15) is 9.59 Å². The largest absolute Gasteiger partial charge is 0.451 e. The molecule has 0 aliphatic heterocycles. The standard InChI is InChI=1S/C10H12N2O3S/c1-6(2)9(14)15-5-16-10-11-4-7(3)8(13)12-10/h4H,1,5H2,2-3H3,(H,11,12,13). The Balaban J connectivity index is 2.50. The lowest BCUT2D eigenvalue weighted by Gasteiger charge is -2.03. The van der Waals surface area contributed by atoms with Crippen molar-refractivity contribution < 1.29 is 9.53 Å². The number of thioether (sulfide) groups is 1. The van der Waals surface area contributed by atoms with E-state index in [1.54, 1.807) is 13.8 Å². The first-order valence-electron chi connectivity index (χ1n) is 4.52. The molecule has 0 saturated heterocycles. The lowest BCUT2D eigenvalue weighted by Crippen LogP contribution is -2.11. The Kier molecular flexibility index (Phi) is 4.30. The lowest BCUT2D eigenvalue weighted by molar-refractivity contribution is -0.136. The zero-order valence-corrected chi connectivity index (χ0v) is 9.89. The fourth-order valence-corrected chi connectivity index (χ4v) is 1.35. The molecule has 0 aliphatic rings. The van der Waals surface area contributed by atoms with E-state index in [-0.39, 0.29) is 11.5 Å². The van der Waals surface area contributed by atoms with Gasteiger partial charge in [-0.1, -0.05) is 6.58 Å². The third-order valence-corrected chi connectivity index (χ3v) is 2.40. The van der Waals surface area contributed by atoms with Gasteiger partial charge in [-0.2, -0.15) is 0 Å². The Morgan fingerprint density at radius 3 is 2.94 bits per heavy atom. The van der Waals surface area contributed by atoms with E-state index in [1.165, 1.54) is 6.20 Å². The fourth-order valence-electron chi connectivity index (χ4n) is 0.777. The van der Waals surface area contributed by atoms with Crippen molar-refractivity contribution in [3.05, 3.63) is 34.3 Å². The van der Waals surface area contributed by atoms with Crippen molar-refractivity contribution in [3.63, 3.8) is 0 Å². The molecule has 0 aromatic carbocycles. The molecular formula is C10H12N2O3S. The van der Waals surface area contributed by atoms with Gasteiger partial charge in [-0.25, -0.2) is 9.78 Å². The Bertz CT molecular complexity index is 467. The molecule has 1 aromatic rings. The number of hydrogen-bond acceptors (Lipinski definition) is 5. The van der Waals surface area contributed by atoms with E-state index in [0.29, 0.717) is 16.3 Å². The molecular weight excluding hydrogens is 228 g/mol. The summed E-state index contributed by atoms with van der Waals surface area (Å²) in [6.45, 7) is 6.69. The fraction of sp³-hybridized carbons (Fsp3) is 0.300. The van der Waals surface area contributed by atoms with Gasteiger partial charge in [0.1, 0.15) is 5.94 Å². The number of nitrogens with one attached hydrogen (secondary N) is 1. The van der Waals surface area contributed by atoms with Gasteiger partial charge in [-0.15, -0.1) is 0 Å². The highest BCUT2D eigenvalue weighted by Gasteiger charge is 2.04. The van der Waals surface area contributed by atoms with Crippen LogP contribution >= 0.6 is 11.8 Å². The molecule has 0 aliphatic carbocycles. The number of rotatable bonds is 4. The van der Waals surface area contributed by atoms with Gasteiger partial charge in [0.25, 0.3) is 5.56 Å². The normalized spacial score (nSPS) is 9.88. The molecule has 6 heteroatoms. The first-order valence-corrected chi connectivity index (χ1v) is 5.50. The maximum Gasteiger partial charge on any atom is 0.333 e. The molecule has 0 spiro atoms. The highest BCUT2D eigenvalue weighted by Crippen LogP contribution is 2.11. The summed E-state index contributed by atoms with van der Waals surface area (Å²) in [5, 5.41) is 0.421. The number of carbonyl (C=O) groups excluding carboxylic acids is 1. The number of H-pyrrole nitrogens is 1. The highest BCUT2D eigenvalue weighted by molar-refractivity contribution is 7.99. The van der Waals surface area contributed by atoms with E-state index in [1.807, 2.05) is 0 Å². The van der Waals surface area contributed by atoms with Crippen LogP contribution in [0.15, 0.2) is 28.3 Å². The number of aromatic amines is 1. The van der Waals surface area contributed by atoms with Crippen LogP contribution in [-0.4, -0.2) is 21.9 Å². The maximum absolute atomic E-state index is 11.2. The third kappa shape index (κ3) is 3.54. The van der Waals surface area contributed by atoms with Gasteiger partial charge < -0.3 is 9.72 Å². The average molecular weight is 240 g/mol. The van der Waals surface area contributed by atoms with Crippen LogP contribution in [0.4, 0.5) is 0 Å². The maximum atomic E-state index is 11.2. The zero-order valence-electron chi connectivity index (χ0n) is 9.07. The van der Waals surface area contributed by atoms with Crippen molar-refractivity contribution in [1.82, 2.24) is 9.97 Å². The summed E-state index contributed by atoms with van der Waals surface area (Å²) in [4.78, 5) is 28.8. The molecule has 5 nitrogen and oxygen atoms in total. The molecule has 0 unspecified atom stereocenters. The first kappa shape index (κ1) is 12.5. The number of esters is 1. The molecule has 1 aromatic heterocycles. The predicted molar refractivity (Wildman–Crippen MR) is 61.2 cm³/mol. The number of nitrogens with zero attached hydrogens (tertiary/aromatic N) is 1. The molecule has 16 heavy (non-hydrogen) atoms. The van der Waals surface area contributed by atoms with Gasteiger partial charge in [0.2, 0.25) is 0 Å². The smallest absolute Gasteiger partial charge is 0.333 e. The second-order valence-electron chi connectivity index (χ2n) is 3.17. The van der Waals surface area contributed by atoms with Gasteiger partial charge in [-0.05, 0) is 25.6 Å². The van der Waals surface area contributed by atoms with Crippen LogP contribution in [-0.2, 0) is 9.53 Å². The van der Waals surface area contributed by atoms with Crippen molar-refractivity contribution >= 4 is 17.7 Å². The second kappa shape index (κ2) is 5.50. The van der Waals surface area contributed by atoms with Crippen molar-refractivity contribution in [1.29, 1.82) is 0 Å². The molecule has 86 valence electrons. The van der Waals surface area contributed by atoms with Crippen LogP contribution in [0.25, 0.3) is 0 Å². The van der Waals surface area contributed by atoms with Gasteiger partial charge in [0.15, 0.2) is 5.16 Å². The summed E-state index contributed by atoms with van der Waals surface area (Å²) in [5.41, 5.74) is 0.693. The molecule has 0 atom stereocenters. The van der Waals surface area contributed by atoms with E-state index >= 15 is 0 Å². The molecule has 0 fully saturated rings. The van der Waals surface area contributed by atoms with Gasteiger partial charge in [-0.3, -0.25) is 4.79 Å². The molecule has 1 N–H and O–H groups in total. The molecule has 0 amide bonds. The van der Waals surface area contributed by atoms with Crippen LogP contribution < -0.4 is 5.56 Å². The number of aryl methyl sites for hydroxylation is 1. The Hall–Kier alpha value is -1.56. The van der Waals surface area contributed by atoms with Crippen LogP contribution in [0.5, 0.6) is 0 Å². The minimum Gasteiger partial charge on any atom is -0.451 e. The Morgan fingerprint density at radius 1 is 1.69 bits per heavy atom. The Morgan fingerprint density at radius 2 is 2.38 bits per heavy atom. The number of hydrogen-bond donors (Lipinski definition) is 1. The predicted octanol–water partition coefficient (Wildman–Crippen LogP) is 1.25. The van der Waals surface area contributed by atoms with Crippen LogP contribution in [0, 0.1) is 6.92 Å². The lowest BCUT2D eigenvalue weighted by atomic mass is 10.4. The summed E-state index contributed by atoms with van der Waals surface area (Å²) < 4.78 is 4.84. The summed E-state index contributed by atoms with van der Waals surface area (Å²) in [6.07, 6.45) is 1.47. The number of carbonyl (C=O) groups is 1. The van der Waals surface area contributed by atoms with E-state index in [0.717, 1.165) is 11.8 Å². The first-order chi connectivity index (χ1) is 7.50. The molecule has 0 radical (unpaired) electrons. The van der Waals surface area contributed by atoms with Gasteiger partial charge in [0, 0.05) is 17.3 Å². The van der Waals surface area contributed by atoms with Crippen LogP contribution in [0.1, 0.15) is 12.5 Å². The van der Waals surface area contributed by atoms with Crippen molar-refractivity contribution in [2.75, 3.05) is 5.94 Å².